The Balaban J connectivity index is 2.78. The highest BCUT2D eigenvalue weighted by Crippen LogP contribution is 2.14. The molecule has 0 atom stereocenters. The highest BCUT2D eigenvalue weighted by atomic mass is 16.4. The molecular weight excluding hydrogens is 130 g/mol. The van der Waals surface area contributed by atoms with E-state index in [0.717, 1.165) is 5.76 Å². The van der Waals surface area contributed by atoms with E-state index in [2.05, 4.69) is 4.98 Å². The van der Waals surface area contributed by atoms with E-state index in [1.807, 2.05) is 13.8 Å². The number of oxazole rings is 1. The van der Waals surface area contributed by atoms with Crippen molar-refractivity contribution < 1.29 is 9.52 Å². The summed E-state index contributed by atoms with van der Waals surface area (Å²) in [5.74, 6) is 1.56. The predicted octanol–water partition coefficient (Wildman–Crippen LogP) is 1.29. The fourth-order valence-corrected chi connectivity index (χ4v) is 0.664. The van der Waals surface area contributed by atoms with Crippen molar-refractivity contribution in [2.75, 3.05) is 0 Å². The number of nitrogens with zero attached hydrogens (tertiary/aromatic N) is 1. The molecule has 56 valence electrons. The standard InChI is InChI=1S/C7H11NO2/c1-5(2)6-3-8-7(4-9)10-6/h3,5,9H,4H2,1-2H3. The SMILES string of the molecule is CC(C)c1cnc(CO)o1. The van der Waals surface area contributed by atoms with Crippen LogP contribution in [0, 0.1) is 0 Å². The maximum Gasteiger partial charge on any atom is 0.220 e. The first kappa shape index (κ1) is 7.28. The van der Waals surface area contributed by atoms with Crippen molar-refractivity contribution in [3.05, 3.63) is 17.8 Å². The number of aliphatic hydroxyl groups is 1. The molecule has 0 aliphatic rings. The van der Waals surface area contributed by atoms with Gasteiger partial charge in [-0.15, -0.1) is 0 Å². The van der Waals surface area contributed by atoms with Gasteiger partial charge in [0.1, 0.15) is 12.4 Å². The molecule has 0 unspecified atom stereocenters. The molecule has 1 aromatic rings. The van der Waals surface area contributed by atoms with Crippen LogP contribution in [0.5, 0.6) is 0 Å². The number of aromatic nitrogens is 1. The molecule has 0 spiro atoms. The van der Waals surface area contributed by atoms with E-state index in [4.69, 9.17) is 9.52 Å². The quantitative estimate of drug-likeness (QED) is 0.675. The Morgan fingerprint density at radius 1 is 1.70 bits per heavy atom. The molecule has 0 saturated carbocycles. The summed E-state index contributed by atoms with van der Waals surface area (Å²) in [6.45, 7) is 3.91. The Labute approximate surface area is 59.7 Å². The lowest BCUT2D eigenvalue weighted by Gasteiger charge is -1.95. The molecule has 0 fully saturated rings. The Morgan fingerprint density at radius 2 is 2.40 bits per heavy atom. The van der Waals surface area contributed by atoms with Gasteiger partial charge in [-0.3, -0.25) is 0 Å². The molecule has 0 radical (unpaired) electrons. The molecular formula is C7H11NO2. The maximum absolute atomic E-state index is 8.58. The fourth-order valence-electron chi connectivity index (χ4n) is 0.664. The zero-order valence-electron chi connectivity index (χ0n) is 6.16. The van der Waals surface area contributed by atoms with Crippen molar-refractivity contribution in [2.24, 2.45) is 0 Å². The normalized spacial score (nSPS) is 10.8. The average Bonchev–Trinajstić information content (AvgIpc) is 2.34. The molecule has 10 heavy (non-hydrogen) atoms. The molecule has 1 heterocycles. The molecule has 0 aliphatic heterocycles. The minimum atomic E-state index is -0.118. The lowest BCUT2D eigenvalue weighted by molar-refractivity contribution is 0.235. The van der Waals surface area contributed by atoms with Crippen molar-refractivity contribution in [3.8, 4) is 0 Å². The van der Waals surface area contributed by atoms with Crippen molar-refractivity contribution in [1.29, 1.82) is 0 Å². The van der Waals surface area contributed by atoms with Crippen molar-refractivity contribution in [1.82, 2.24) is 4.98 Å². The van der Waals surface area contributed by atoms with E-state index in [-0.39, 0.29) is 6.61 Å². The van der Waals surface area contributed by atoms with Gasteiger partial charge in [-0.2, -0.15) is 0 Å². The van der Waals surface area contributed by atoms with E-state index in [9.17, 15) is 0 Å². The van der Waals surface area contributed by atoms with Gasteiger partial charge >= 0.3 is 0 Å². The molecule has 3 nitrogen and oxygen atoms in total. The number of rotatable bonds is 2. The van der Waals surface area contributed by atoms with Crippen LogP contribution >= 0.6 is 0 Å². The van der Waals surface area contributed by atoms with Crippen LogP contribution in [0.4, 0.5) is 0 Å². The molecule has 0 aliphatic carbocycles. The fraction of sp³-hybridized carbons (Fsp3) is 0.571. The molecule has 0 amide bonds. The van der Waals surface area contributed by atoms with Gasteiger partial charge in [0, 0.05) is 5.92 Å². The zero-order valence-corrected chi connectivity index (χ0v) is 6.16. The molecule has 0 bridgehead atoms. The summed E-state index contributed by atoms with van der Waals surface area (Å²) >= 11 is 0. The molecule has 1 N–H and O–H groups in total. The number of aliphatic hydroxyl groups excluding tert-OH is 1. The third-order valence-electron chi connectivity index (χ3n) is 1.28. The van der Waals surface area contributed by atoms with Crippen LogP contribution in [0.25, 0.3) is 0 Å². The van der Waals surface area contributed by atoms with Crippen LogP contribution in [0.1, 0.15) is 31.4 Å². The third-order valence-corrected chi connectivity index (χ3v) is 1.28. The summed E-state index contributed by atoms with van der Waals surface area (Å²) < 4.78 is 5.13. The van der Waals surface area contributed by atoms with Crippen molar-refractivity contribution >= 4 is 0 Å². The first-order chi connectivity index (χ1) is 4.74. The molecule has 3 heteroatoms. The second kappa shape index (κ2) is 2.84. The van der Waals surface area contributed by atoms with Gasteiger partial charge in [0.15, 0.2) is 0 Å². The lowest BCUT2D eigenvalue weighted by Crippen LogP contribution is -1.81. The summed E-state index contributed by atoms with van der Waals surface area (Å²) in [7, 11) is 0. The van der Waals surface area contributed by atoms with Crippen molar-refractivity contribution in [3.63, 3.8) is 0 Å². The van der Waals surface area contributed by atoms with Gasteiger partial charge < -0.3 is 9.52 Å². The summed E-state index contributed by atoms with van der Waals surface area (Å²) in [6, 6.07) is 0. The smallest absolute Gasteiger partial charge is 0.220 e. The van der Waals surface area contributed by atoms with Gasteiger partial charge in [-0.1, -0.05) is 13.8 Å². The van der Waals surface area contributed by atoms with E-state index in [0.29, 0.717) is 11.8 Å². The predicted molar refractivity (Wildman–Crippen MR) is 36.5 cm³/mol. The van der Waals surface area contributed by atoms with Crippen LogP contribution in [-0.4, -0.2) is 10.1 Å². The topological polar surface area (TPSA) is 46.3 Å². The van der Waals surface area contributed by atoms with E-state index < -0.39 is 0 Å². The summed E-state index contributed by atoms with van der Waals surface area (Å²) in [5.41, 5.74) is 0. The highest BCUT2D eigenvalue weighted by molar-refractivity contribution is 4.98. The Bertz CT molecular complexity index is 205. The lowest BCUT2D eigenvalue weighted by atomic mass is 10.2. The number of hydrogen-bond donors (Lipinski definition) is 1. The van der Waals surface area contributed by atoms with Crippen LogP contribution in [0.15, 0.2) is 10.6 Å². The molecule has 0 saturated heterocycles. The van der Waals surface area contributed by atoms with Gasteiger partial charge in [-0.25, -0.2) is 4.98 Å². The van der Waals surface area contributed by atoms with Crippen LogP contribution in [0.2, 0.25) is 0 Å². The maximum atomic E-state index is 8.58. The van der Waals surface area contributed by atoms with E-state index >= 15 is 0 Å². The summed E-state index contributed by atoms with van der Waals surface area (Å²) in [4.78, 5) is 3.84. The highest BCUT2D eigenvalue weighted by Gasteiger charge is 2.05. The average molecular weight is 141 g/mol. The summed E-state index contributed by atoms with van der Waals surface area (Å²) in [5, 5.41) is 8.58. The van der Waals surface area contributed by atoms with Gasteiger partial charge in [0.2, 0.25) is 5.89 Å². The minimum absolute atomic E-state index is 0.118. The van der Waals surface area contributed by atoms with Crippen LogP contribution in [-0.2, 0) is 6.61 Å². The van der Waals surface area contributed by atoms with Gasteiger partial charge in [-0.05, 0) is 0 Å². The van der Waals surface area contributed by atoms with Gasteiger partial charge in [0.05, 0.1) is 6.20 Å². The Hall–Kier alpha value is -0.830. The molecule has 1 rings (SSSR count). The Kier molecular flexibility index (Phi) is 2.06. The largest absolute Gasteiger partial charge is 0.443 e. The third kappa shape index (κ3) is 1.36. The second-order valence-corrected chi connectivity index (χ2v) is 2.47. The zero-order chi connectivity index (χ0) is 7.56. The van der Waals surface area contributed by atoms with E-state index in [1.54, 1.807) is 6.20 Å². The minimum Gasteiger partial charge on any atom is -0.443 e. The first-order valence-electron chi connectivity index (χ1n) is 3.29. The molecule has 0 aromatic carbocycles. The van der Waals surface area contributed by atoms with Crippen molar-refractivity contribution in [2.45, 2.75) is 26.4 Å². The van der Waals surface area contributed by atoms with Gasteiger partial charge in [0.25, 0.3) is 0 Å². The van der Waals surface area contributed by atoms with E-state index in [1.165, 1.54) is 0 Å². The monoisotopic (exact) mass is 141 g/mol. The molecule has 1 aromatic heterocycles. The number of hydrogen-bond acceptors (Lipinski definition) is 3. The Morgan fingerprint density at radius 3 is 2.70 bits per heavy atom. The van der Waals surface area contributed by atoms with Crippen LogP contribution in [0.3, 0.4) is 0 Å². The first-order valence-corrected chi connectivity index (χ1v) is 3.29. The second-order valence-electron chi connectivity index (χ2n) is 2.47. The summed E-state index contributed by atoms with van der Waals surface area (Å²) in [6.07, 6.45) is 1.65. The van der Waals surface area contributed by atoms with Crippen LogP contribution < -0.4 is 0 Å².